The second-order valence-electron chi connectivity index (χ2n) is 2.03. The Bertz CT molecular complexity index is 119. The molecule has 0 atom stereocenters. The first kappa shape index (κ1) is 10.2. The third kappa shape index (κ3) is 8.24. The third-order valence-corrected chi connectivity index (χ3v) is 2.10. The van der Waals surface area contributed by atoms with Gasteiger partial charge in [0, 0.05) is 0 Å². The monoisotopic (exact) mass is 212 g/mol. The van der Waals surface area contributed by atoms with Crippen LogP contribution in [-0.4, -0.2) is 29.3 Å². The summed E-state index contributed by atoms with van der Waals surface area (Å²) in [5.41, 5.74) is 0. The Kier molecular flexibility index (Phi) is 5.08. The zero-order valence-corrected chi connectivity index (χ0v) is 7.86. The maximum atomic E-state index is 10.1. The van der Waals surface area contributed by atoms with Crippen LogP contribution < -0.4 is 0 Å². The summed E-state index contributed by atoms with van der Waals surface area (Å²) in [5.74, 6) is 0. The van der Waals surface area contributed by atoms with Crippen LogP contribution in [0.1, 0.15) is 26.2 Å². The van der Waals surface area contributed by atoms with E-state index in [4.69, 9.17) is 8.19 Å². The summed E-state index contributed by atoms with van der Waals surface area (Å²) in [4.78, 5) is 0. The molecule has 4 nitrogen and oxygen atoms in total. The summed E-state index contributed by atoms with van der Waals surface area (Å²) in [5, 5.41) is 0. The van der Waals surface area contributed by atoms with Gasteiger partial charge in [-0.25, -0.2) is 0 Å². The van der Waals surface area contributed by atoms with Crippen molar-refractivity contribution in [1.82, 2.24) is 0 Å². The Morgan fingerprint density at radius 1 is 1.40 bits per heavy atom. The Morgan fingerprint density at radius 3 is 2.40 bits per heavy atom. The molecule has 0 amide bonds. The molecule has 0 radical (unpaired) electrons. The van der Waals surface area contributed by atoms with Crippen molar-refractivity contribution < 1.29 is 15.7 Å². The molecule has 0 aliphatic heterocycles. The van der Waals surface area contributed by atoms with Crippen LogP contribution in [0.25, 0.3) is 0 Å². The summed E-state index contributed by atoms with van der Waals surface area (Å²) >= 11 is -4.76. The fourth-order valence-electron chi connectivity index (χ4n) is 0.536. The van der Waals surface area contributed by atoms with Crippen LogP contribution in [0.2, 0.25) is 0 Å². The van der Waals surface area contributed by atoms with Crippen LogP contribution >= 0.6 is 0 Å². The standard InChI is InChI=1S/C5H13AsO4/c1-2-3-4-5-10-6(7,8)9/h2-5H2,1H3,(H2,7,8,9). The number of rotatable bonds is 5. The van der Waals surface area contributed by atoms with Crippen molar-refractivity contribution in [2.75, 3.05) is 6.61 Å². The van der Waals surface area contributed by atoms with Crippen molar-refractivity contribution in [3.63, 3.8) is 0 Å². The summed E-state index contributed by atoms with van der Waals surface area (Å²) < 4.78 is 30.9. The van der Waals surface area contributed by atoms with Gasteiger partial charge >= 0.3 is 63.0 Å². The minimum atomic E-state index is -4.76. The summed E-state index contributed by atoms with van der Waals surface area (Å²) in [6, 6.07) is 0. The van der Waals surface area contributed by atoms with Crippen LogP contribution in [0.5, 0.6) is 0 Å². The molecule has 2 N–H and O–H groups in total. The first-order valence-electron chi connectivity index (χ1n) is 3.26. The molecule has 10 heavy (non-hydrogen) atoms. The van der Waals surface area contributed by atoms with Gasteiger partial charge in [-0.1, -0.05) is 0 Å². The fraction of sp³-hybridized carbons (Fsp3) is 1.00. The van der Waals surface area contributed by atoms with Gasteiger partial charge in [0.15, 0.2) is 0 Å². The average Bonchev–Trinajstić information content (AvgIpc) is 1.78. The van der Waals surface area contributed by atoms with Crippen LogP contribution in [0, 0.1) is 0 Å². The van der Waals surface area contributed by atoms with Gasteiger partial charge in [-0.2, -0.15) is 0 Å². The molecule has 0 spiro atoms. The van der Waals surface area contributed by atoms with E-state index < -0.39 is 14.5 Å². The van der Waals surface area contributed by atoms with E-state index in [-0.39, 0.29) is 6.61 Å². The van der Waals surface area contributed by atoms with E-state index in [1.807, 2.05) is 6.92 Å². The van der Waals surface area contributed by atoms with Crippen molar-refractivity contribution in [1.29, 1.82) is 0 Å². The molecule has 0 bridgehead atoms. The van der Waals surface area contributed by atoms with Gasteiger partial charge in [0.1, 0.15) is 0 Å². The van der Waals surface area contributed by atoms with E-state index in [2.05, 4.69) is 3.73 Å². The van der Waals surface area contributed by atoms with E-state index in [9.17, 15) is 3.74 Å². The summed E-state index contributed by atoms with van der Waals surface area (Å²) in [7, 11) is 0. The Hall–Kier alpha value is 0.238. The molecule has 0 aliphatic rings. The Labute approximate surface area is 63.6 Å². The van der Waals surface area contributed by atoms with E-state index >= 15 is 0 Å². The third-order valence-electron chi connectivity index (χ3n) is 1.01. The molecule has 0 saturated carbocycles. The molecule has 5 heteroatoms. The molecule has 0 saturated heterocycles. The second kappa shape index (κ2) is 4.96. The van der Waals surface area contributed by atoms with Gasteiger partial charge in [0.05, 0.1) is 0 Å². The summed E-state index contributed by atoms with van der Waals surface area (Å²) in [6.45, 7) is 2.19. The molecule has 62 valence electrons. The van der Waals surface area contributed by atoms with Gasteiger partial charge in [0.25, 0.3) is 0 Å². The molecule has 0 aromatic heterocycles. The van der Waals surface area contributed by atoms with Crippen molar-refractivity contribution >= 4 is 14.5 Å². The van der Waals surface area contributed by atoms with E-state index in [1.54, 1.807) is 0 Å². The van der Waals surface area contributed by atoms with Crippen LogP contribution in [0.3, 0.4) is 0 Å². The molecule has 0 aromatic rings. The van der Waals surface area contributed by atoms with Crippen molar-refractivity contribution in [3.05, 3.63) is 0 Å². The number of hydrogen-bond acceptors (Lipinski definition) is 2. The Morgan fingerprint density at radius 2 is 2.00 bits per heavy atom. The fourth-order valence-corrected chi connectivity index (χ4v) is 1.31. The van der Waals surface area contributed by atoms with Gasteiger partial charge in [-0.15, -0.1) is 0 Å². The van der Waals surface area contributed by atoms with Crippen molar-refractivity contribution in [2.45, 2.75) is 26.2 Å². The zero-order chi connectivity index (χ0) is 8.04. The number of unbranched alkanes of at least 4 members (excludes halogenated alkanes) is 2. The van der Waals surface area contributed by atoms with Crippen LogP contribution in [-0.2, 0) is 7.47 Å². The topological polar surface area (TPSA) is 66.8 Å². The van der Waals surface area contributed by atoms with Gasteiger partial charge < -0.3 is 0 Å². The molecule has 0 unspecified atom stereocenters. The molecule has 0 aliphatic carbocycles. The van der Waals surface area contributed by atoms with Crippen LogP contribution in [0.15, 0.2) is 0 Å². The molecule has 0 heterocycles. The maximum absolute atomic E-state index is 10.1. The Balaban J connectivity index is 3.13. The SMILES string of the molecule is CCCCCO[As](=O)(O)O. The molecule has 0 aromatic carbocycles. The van der Waals surface area contributed by atoms with Gasteiger partial charge in [-0.05, 0) is 0 Å². The van der Waals surface area contributed by atoms with Crippen molar-refractivity contribution in [2.24, 2.45) is 0 Å². The van der Waals surface area contributed by atoms with Crippen molar-refractivity contribution in [3.8, 4) is 0 Å². The first-order valence-corrected chi connectivity index (χ1v) is 6.47. The quantitative estimate of drug-likeness (QED) is 0.499. The molecular weight excluding hydrogens is 199 g/mol. The van der Waals surface area contributed by atoms with Gasteiger partial charge in [-0.3, -0.25) is 0 Å². The van der Waals surface area contributed by atoms with Gasteiger partial charge in [0.2, 0.25) is 0 Å². The first-order chi connectivity index (χ1) is 4.56. The van der Waals surface area contributed by atoms with E-state index in [0.29, 0.717) is 0 Å². The normalized spacial score (nSPS) is 11.9. The second-order valence-corrected chi connectivity index (χ2v) is 4.63. The predicted molar refractivity (Wildman–Crippen MR) is 36.4 cm³/mol. The van der Waals surface area contributed by atoms with Crippen LogP contribution in [0.4, 0.5) is 0 Å². The molecule has 0 rings (SSSR count). The summed E-state index contributed by atoms with van der Waals surface area (Å²) in [6.07, 6.45) is 2.70. The minimum absolute atomic E-state index is 0.178. The molecule has 0 fully saturated rings. The zero-order valence-electron chi connectivity index (χ0n) is 5.99. The molecular formula is C5H13AsO4. The predicted octanol–water partition coefficient (Wildman–Crippen LogP) is 0.0439. The average molecular weight is 212 g/mol. The van der Waals surface area contributed by atoms with E-state index in [1.165, 1.54) is 0 Å². The number of hydrogen-bond donors (Lipinski definition) is 2. The van der Waals surface area contributed by atoms with E-state index in [0.717, 1.165) is 19.3 Å².